The molecule has 0 radical (unpaired) electrons. The molecular weight excluding hydrogens is 226 g/mol. The molecule has 1 saturated heterocycles. The molecular formula is C14H23N3O. The van der Waals surface area contributed by atoms with E-state index in [4.69, 9.17) is 4.74 Å². The van der Waals surface area contributed by atoms with Gasteiger partial charge in [-0.25, -0.2) is 4.98 Å². The Balaban J connectivity index is 2.12. The van der Waals surface area contributed by atoms with Gasteiger partial charge in [0.2, 0.25) is 0 Å². The van der Waals surface area contributed by atoms with Crippen LogP contribution in [0.15, 0.2) is 12.3 Å². The standard InChI is InChI=1S/C14H23N3O/c1-11-7-12(8-15-2)9-16-14(11)17-6-4-5-13(10-17)18-3/h7,9,13,15H,4-6,8,10H2,1-3H3. The molecule has 1 fully saturated rings. The summed E-state index contributed by atoms with van der Waals surface area (Å²) in [4.78, 5) is 6.96. The normalized spacial score (nSPS) is 20.2. The second-order valence-electron chi connectivity index (χ2n) is 4.96. The topological polar surface area (TPSA) is 37.4 Å². The highest BCUT2D eigenvalue weighted by atomic mass is 16.5. The highest BCUT2D eigenvalue weighted by molar-refractivity contribution is 5.47. The van der Waals surface area contributed by atoms with Crippen LogP contribution in [0.1, 0.15) is 24.0 Å². The largest absolute Gasteiger partial charge is 0.380 e. The maximum atomic E-state index is 5.47. The number of ether oxygens (including phenoxy) is 1. The van der Waals surface area contributed by atoms with Crippen LogP contribution in [0.2, 0.25) is 0 Å². The van der Waals surface area contributed by atoms with Gasteiger partial charge in [0.15, 0.2) is 0 Å². The van der Waals surface area contributed by atoms with Gasteiger partial charge in [-0.05, 0) is 44.0 Å². The third-order valence-electron chi connectivity index (χ3n) is 3.50. The third kappa shape index (κ3) is 3.00. The summed E-state index contributed by atoms with van der Waals surface area (Å²) in [6.45, 7) is 5.04. The van der Waals surface area contributed by atoms with E-state index in [0.717, 1.165) is 31.9 Å². The smallest absolute Gasteiger partial charge is 0.131 e. The molecule has 0 amide bonds. The molecule has 0 saturated carbocycles. The van der Waals surface area contributed by atoms with E-state index in [1.165, 1.54) is 17.5 Å². The fourth-order valence-electron chi connectivity index (χ4n) is 2.58. The number of rotatable bonds is 4. The fourth-order valence-corrected chi connectivity index (χ4v) is 2.58. The summed E-state index contributed by atoms with van der Waals surface area (Å²) in [7, 11) is 3.75. The molecule has 1 aliphatic rings. The number of piperidine rings is 1. The van der Waals surface area contributed by atoms with E-state index < -0.39 is 0 Å². The lowest BCUT2D eigenvalue weighted by molar-refractivity contribution is 0.0891. The lowest BCUT2D eigenvalue weighted by Gasteiger charge is -2.33. The molecule has 4 heteroatoms. The van der Waals surface area contributed by atoms with Gasteiger partial charge in [0.25, 0.3) is 0 Å². The first-order valence-corrected chi connectivity index (χ1v) is 6.62. The first kappa shape index (κ1) is 13.3. The summed E-state index contributed by atoms with van der Waals surface area (Å²) in [6, 6.07) is 2.22. The zero-order valence-electron chi connectivity index (χ0n) is 11.6. The van der Waals surface area contributed by atoms with Crippen LogP contribution in [0, 0.1) is 6.92 Å². The zero-order valence-corrected chi connectivity index (χ0v) is 11.6. The Morgan fingerprint density at radius 3 is 3.06 bits per heavy atom. The summed E-state index contributed by atoms with van der Waals surface area (Å²) in [5.41, 5.74) is 2.48. The number of anilines is 1. The number of methoxy groups -OCH3 is 1. The molecule has 1 N–H and O–H groups in total. The predicted octanol–water partition coefficient (Wildman–Crippen LogP) is 1.72. The van der Waals surface area contributed by atoms with Gasteiger partial charge < -0.3 is 15.0 Å². The van der Waals surface area contributed by atoms with E-state index in [0.29, 0.717) is 6.10 Å². The van der Waals surface area contributed by atoms with Crippen molar-refractivity contribution in [2.45, 2.75) is 32.4 Å². The number of hydrogen-bond donors (Lipinski definition) is 1. The molecule has 2 heterocycles. The van der Waals surface area contributed by atoms with Crippen LogP contribution in [-0.4, -0.2) is 38.3 Å². The average Bonchev–Trinajstić information content (AvgIpc) is 2.39. The fraction of sp³-hybridized carbons (Fsp3) is 0.643. The van der Waals surface area contributed by atoms with Crippen molar-refractivity contribution in [1.29, 1.82) is 0 Å². The molecule has 2 rings (SSSR count). The average molecular weight is 249 g/mol. The van der Waals surface area contributed by atoms with E-state index in [1.807, 2.05) is 13.2 Å². The molecule has 100 valence electrons. The van der Waals surface area contributed by atoms with E-state index in [9.17, 15) is 0 Å². The van der Waals surface area contributed by atoms with Crippen molar-refractivity contribution in [3.63, 3.8) is 0 Å². The Kier molecular flexibility index (Phi) is 4.55. The number of hydrogen-bond acceptors (Lipinski definition) is 4. The molecule has 18 heavy (non-hydrogen) atoms. The monoisotopic (exact) mass is 249 g/mol. The molecule has 1 unspecified atom stereocenters. The van der Waals surface area contributed by atoms with Crippen molar-refractivity contribution < 1.29 is 4.74 Å². The lowest BCUT2D eigenvalue weighted by Crippen LogP contribution is -2.40. The Hall–Kier alpha value is -1.13. The Morgan fingerprint density at radius 2 is 2.39 bits per heavy atom. The van der Waals surface area contributed by atoms with Gasteiger partial charge in [-0.2, -0.15) is 0 Å². The first-order valence-electron chi connectivity index (χ1n) is 6.62. The quantitative estimate of drug-likeness (QED) is 0.882. The minimum atomic E-state index is 0.344. The number of aryl methyl sites for hydroxylation is 1. The van der Waals surface area contributed by atoms with Crippen LogP contribution >= 0.6 is 0 Å². The SMILES string of the molecule is CNCc1cnc(N2CCCC(OC)C2)c(C)c1. The van der Waals surface area contributed by atoms with E-state index in [1.54, 1.807) is 7.11 Å². The predicted molar refractivity (Wildman–Crippen MR) is 74.0 cm³/mol. The number of nitrogens with one attached hydrogen (secondary N) is 1. The molecule has 4 nitrogen and oxygen atoms in total. The second-order valence-corrected chi connectivity index (χ2v) is 4.96. The van der Waals surface area contributed by atoms with Gasteiger partial charge in [0.1, 0.15) is 5.82 Å². The van der Waals surface area contributed by atoms with Crippen LogP contribution in [0.25, 0.3) is 0 Å². The number of nitrogens with zero attached hydrogens (tertiary/aromatic N) is 2. The maximum absolute atomic E-state index is 5.47. The highest BCUT2D eigenvalue weighted by Crippen LogP contribution is 2.23. The van der Waals surface area contributed by atoms with E-state index in [-0.39, 0.29) is 0 Å². The van der Waals surface area contributed by atoms with Crippen LogP contribution in [0.3, 0.4) is 0 Å². The van der Waals surface area contributed by atoms with Gasteiger partial charge in [0, 0.05) is 32.9 Å². The molecule has 0 aromatic carbocycles. The van der Waals surface area contributed by atoms with Crippen molar-refractivity contribution in [1.82, 2.24) is 10.3 Å². The molecule has 1 atom stereocenters. The van der Waals surface area contributed by atoms with Crippen LogP contribution in [0.4, 0.5) is 5.82 Å². The summed E-state index contributed by atoms with van der Waals surface area (Å²) in [6.07, 6.45) is 4.65. The Bertz CT molecular complexity index is 395. The van der Waals surface area contributed by atoms with Gasteiger partial charge in [0.05, 0.1) is 6.10 Å². The molecule has 1 aromatic rings. The van der Waals surface area contributed by atoms with Crippen LogP contribution in [0.5, 0.6) is 0 Å². The van der Waals surface area contributed by atoms with Gasteiger partial charge in [-0.1, -0.05) is 0 Å². The first-order chi connectivity index (χ1) is 8.74. The van der Waals surface area contributed by atoms with Crippen LogP contribution < -0.4 is 10.2 Å². The molecule has 0 bridgehead atoms. The van der Waals surface area contributed by atoms with E-state index in [2.05, 4.69) is 28.2 Å². The lowest BCUT2D eigenvalue weighted by atomic mass is 10.1. The summed E-state index contributed by atoms with van der Waals surface area (Å²) >= 11 is 0. The summed E-state index contributed by atoms with van der Waals surface area (Å²) in [5.74, 6) is 1.11. The molecule has 0 spiro atoms. The summed E-state index contributed by atoms with van der Waals surface area (Å²) < 4.78 is 5.47. The van der Waals surface area contributed by atoms with Crippen molar-refractivity contribution in [2.24, 2.45) is 0 Å². The second kappa shape index (κ2) is 6.16. The van der Waals surface area contributed by atoms with Gasteiger partial charge in [-0.15, -0.1) is 0 Å². The Morgan fingerprint density at radius 1 is 1.56 bits per heavy atom. The summed E-state index contributed by atoms with van der Waals surface area (Å²) in [5, 5.41) is 3.15. The molecule has 1 aliphatic heterocycles. The van der Waals surface area contributed by atoms with Crippen LogP contribution in [-0.2, 0) is 11.3 Å². The maximum Gasteiger partial charge on any atom is 0.131 e. The minimum Gasteiger partial charge on any atom is -0.380 e. The third-order valence-corrected chi connectivity index (χ3v) is 3.50. The van der Waals surface area contributed by atoms with Crippen molar-refractivity contribution in [3.8, 4) is 0 Å². The van der Waals surface area contributed by atoms with Crippen molar-refractivity contribution >= 4 is 5.82 Å². The molecule has 0 aliphatic carbocycles. The van der Waals surface area contributed by atoms with Gasteiger partial charge in [-0.3, -0.25) is 0 Å². The van der Waals surface area contributed by atoms with Gasteiger partial charge >= 0.3 is 0 Å². The van der Waals surface area contributed by atoms with Crippen molar-refractivity contribution in [2.75, 3.05) is 32.1 Å². The number of aromatic nitrogens is 1. The van der Waals surface area contributed by atoms with Crippen molar-refractivity contribution in [3.05, 3.63) is 23.4 Å². The zero-order chi connectivity index (χ0) is 13.0. The highest BCUT2D eigenvalue weighted by Gasteiger charge is 2.21. The van der Waals surface area contributed by atoms with E-state index >= 15 is 0 Å². The minimum absolute atomic E-state index is 0.344. The molecule has 1 aromatic heterocycles. The number of pyridine rings is 1. The Labute approximate surface area is 109 Å².